The quantitative estimate of drug-likeness (QED) is 0.470. The van der Waals surface area contributed by atoms with E-state index in [1.54, 1.807) is 13.8 Å². The number of ether oxygens (including phenoxy) is 1. The lowest BCUT2D eigenvalue weighted by molar-refractivity contribution is -0.137. The summed E-state index contributed by atoms with van der Waals surface area (Å²) in [4.78, 5) is 22.3. The molecule has 0 saturated heterocycles. The summed E-state index contributed by atoms with van der Waals surface area (Å²) in [5.74, 6) is -0.141. The van der Waals surface area contributed by atoms with Gasteiger partial charge in [0.1, 0.15) is 12.4 Å². The third kappa shape index (κ3) is 6.33. The van der Waals surface area contributed by atoms with E-state index in [0.717, 1.165) is 25.6 Å². The molecule has 0 aromatic heterocycles. The van der Waals surface area contributed by atoms with Crippen LogP contribution in [0, 0.1) is 0 Å². The van der Waals surface area contributed by atoms with Crippen LogP contribution in [0.25, 0.3) is 6.08 Å². The molecule has 0 fully saturated rings. The molecule has 0 aliphatic carbocycles. The van der Waals surface area contributed by atoms with Crippen molar-refractivity contribution in [3.05, 3.63) is 67.6 Å². The molecule has 0 atom stereocenters. The van der Waals surface area contributed by atoms with Crippen molar-refractivity contribution >= 4 is 49.7 Å². The van der Waals surface area contributed by atoms with E-state index in [4.69, 9.17) is 9.84 Å². The number of Topliss-reactive ketones (excluding diaryl/α,β-unsaturated/α-hetero) is 1. The molecule has 6 heteroatoms. The van der Waals surface area contributed by atoms with Gasteiger partial charge in [0.05, 0.1) is 8.95 Å². The number of ketones is 1. The molecule has 0 spiro atoms. The number of aryl methyl sites for hydroxylation is 1. The number of aliphatic carboxylic acids is 1. The molecule has 2 aromatic rings. The Morgan fingerprint density at radius 2 is 1.74 bits per heavy atom. The third-order valence-corrected chi connectivity index (χ3v) is 5.22. The van der Waals surface area contributed by atoms with Gasteiger partial charge in [-0.3, -0.25) is 9.59 Å². The Labute approximate surface area is 175 Å². The summed E-state index contributed by atoms with van der Waals surface area (Å²) in [6.45, 7) is 3.68. The van der Waals surface area contributed by atoms with E-state index in [1.165, 1.54) is 0 Å². The van der Waals surface area contributed by atoms with Crippen molar-refractivity contribution in [3.63, 3.8) is 0 Å². The predicted octanol–water partition coefficient (Wildman–Crippen LogP) is 5.80. The van der Waals surface area contributed by atoms with Gasteiger partial charge in [-0.2, -0.15) is 0 Å². The van der Waals surface area contributed by atoms with Crippen LogP contribution in [0.5, 0.6) is 5.75 Å². The van der Waals surface area contributed by atoms with Crippen LogP contribution >= 0.6 is 31.9 Å². The molecule has 0 heterocycles. The maximum absolute atomic E-state index is 11.5. The lowest BCUT2D eigenvalue weighted by Crippen LogP contribution is -2.01. The van der Waals surface area contributed by atoms with Crippen molar-refractivity contribution in [3.8, 4) is 5.75 Å². The number of carboxylic acid groups (broad SMARTS) is 1. The second-order valence-electron chi connectivity index (χ2n) is 6.15. The van der Waals surface area contributed by atoms with Gasteiger partial charge in [-0.15, -0.1) is 0 Å². The normalized spacial score (nSPS) is 11.3. The van der Waals surface area contributed by atoms with Crippen molar-refractivity contribution in [1.82, 2.24) is 0 Å². The Morgan fingerprint density at radius 3 is 2.33 bits per heavy atom. The van der Waals surface area contributed by atoms with E-state index < -0.39 is 5.97 Å². The summed E-state index contributed by atoms with van der Waals surface area (Å²) in [5, 5.41) is 8.83. The number of rotatable bonds is 8. The van der Waals surface area contributed by atoms with Crippen molar-refractivity contribution in [2.24, 2.45) is 0 Å². The van der Waals surface area contributed by atoms with Gasteiger partial charge in [-0.1, -0.05) is 24.3 Å². The lowest BCUT2D eigenvalue weighted by Gasteiger charge is -2.14. The highest BCUT2D eigenvalue weighted by molar-refractivity contribution is 9.11. The number of hydrogen-bond donors (Lipinski definition) is 1. The molecular formula is C21H20Br2O4. The maximum atomic E-state index is 11.5. The molecule has 0 aliphatic rings. The summed E-state index contributed by atoms with van der Waals surface area (Å²) < 4.78 is 7.50. The number of benzene rings is 2. The van der Waals surface area contributed by atoms with E-state index in [1.807, 2.05) is 42.5 Å². The van der Waals surface area contributed by atoms with Gasteiger partial charge in [0.25, 0.3) is 0 Å². The van der Waals surface area contributed by atoms with Crippen LogP contribution in [0.1, 0.15) is 37.0 Å². The summed E-state index contributed by atoms with van der Waals surface area (Å²) in [7, 11) is 0. The first-order valence-corrected chi connectivity index (χ1v) is 9.96. The Kier molecular flexibility index (Phi) is 7.80. The van der Waals surface area contributed by atoms with Crippen LogP contribution in [0.3, 0.4) is 0 Å². The molecule has 2 aromatic carbocycles. The number of carboxylic acids is 1. The van der Waals surface area contributed by atoms with E-state index in [9.17, 15) is 9.59 Å². The van der Waals surface area contributed by atoms with Crippen LogP contribution in [0.4, 0.5) is 0 Å². The fourth-order valence-electron chi connectivity index (χ4n) is 2.44. The monoisotopic (exact) mass is 494 g/mol. The highest BCUT2D eigenvalue weighted by Gasteiger charge is 2.11. The second kappa shape index (κ2) is 9.85. The zero-order valence-corrected chi connectivity index (χ0v) is 18.3. The minimum Gasteiger partial charge on any atom is -0.487 e. The molecule has 0 amide bonds. The fraction of sp³-hybridized carbons (Fsp3) is 0.238. The van der Waals surface area contributed by atoms with Gasteiger partial charge in [0.2, 0.25) is 0 Å². The molecule has 0 aliphatic heterocycles. The molecule has 1 N–H and O–H groups in total. The minimum absolute atomic E-state index is 0.0353. The molecule has 0 unspecified atom stereocenters. The highest BCUT2D eigenvalue weighted by atomic mass is 79.9. The first kappa shape index (κ1) is 21.4. The SMILES string of the molecule is CC(=O)/C(C)=C/c1ccccc1COc1c(Br)cc(CCC(=O)O)cc1Br. The number of carbonyl (C=O) groups excluding carboxylic acids is 1. The average molecular weight is 496 g/mol. The first-order valence-electron chi connectivity index (χ1n) is 8.37. The smallest absolute Gasteiger partial charge is 0.303 e. The fourth-order valence-corrected chi connectivity index (χ4v) is 3.95. The first-order chi connectivity index (χ1) is 12.8. The molecule has 0 saturated carbocycles. The molecular weight excluding hydrogens is 476 g/mol. The Balaban J connectivity index is 2.19. The van der Waals surface area contributed by atoms with Crippen molar-refractivity contribution in [2.75, 3.05) is 0 Å². The van der Waals surface area contributed by atoms with Crippen molar-refractivity contribution in [1.29, 1.82) is 0 Å². The van der Waals surface area contributed by atoms with Crippen LogP contribution < -0.4 is 4.74 Å². The van der Waals surface area contributed by atoms with Gasteiger partial charge in [-0.25, -0.2) is 0 Å². The summed E-state index contributed by atoms with van der Waals surface area (Å²) in [5.41, 5.74) is 3.50. The van der Waals surface area contributed by atoms with E-state index in [2.05, 4.69) is 31.9 Å². The zero-order valence-electron chi connectivity index (χ0n) is 15.1. The predicted molar refractivity (Wildman–Crippen MR) is 113 cm³/mol. The van der Waals surface area contributed by atoms with Crippen molar-refractivity contribution in [2.45, 2.75) is 33.3 Å². The van der Waals surface area contributed by atoms with Crippen LogP contribution in [-0.4, -0.2) is 16.9 Å². The maximum Gasteiger partial charge on any atom is 0.303 e. The third-order valence-electron chi connectivity index (χ3n) is 4.04. The van der Waals surface area contributed by atoms with Gasteiger partial charge >= 0.3 is 5.97 Å². The molecule has 4 nitrogen and oxygen atoms in total. The summed E-state index contributed by atoms with van der Waals surface area (Å²) in [6.07, 6.45) is 2.39. The number of allylic oxidation sites excluding steroid dienone is 1. The second-order valence-corrected chi connectivity index (χ2v) is 7.86. The van der Waals surface area contributed by atoms with Crippen LogP contribution in [-0.2, 0) is 22.6 Å². The molecule has 2 rings (SSSR count). The standard InChI is InChI=1S/C21H20Br2O4/c1-13(14(2)24)9-16-5-3-4-6-17(16)12-27-21-18(22)10-15(11-19(21)23)7-8-20(25)26/h3-6,9-11H,7-8,12H2,1-2H3,(H,25,26)/b13-9+. The highest BCUT2D eigenvalue weighted by Crippen LogP contribution is 2.36. The van der Waals surface area contributed by atoms with E-state index >= 15 is 0 Å². The number of halogens is 2. The van der Waals surface area contributed by atoms with E-state index in [-0.39, 0.29) is 12.2 Å². The van der Waals surface area contributed by atoms with Gasteiger partial charge in [0, 0.05) is 6.42 Å². The molecule has 27 heavy (non-hydrogen) atoms. The molecule has 0 bridgehead atoms. The minimum atomic E-state index is -0.826. The Morgan fingerprint density at radius 1 is 1.11 bits per heavy atom. The van der Waals surface area contributed by atoms with Crippen LogP contribution in [0.15, 0.2) is 50.9 Å². The Bertz CT molecular complexity index is 864. The van der Waals surface area contributed by atoms with E-state index in [0.29, 0.717) is 24.4 Å². The molecule has 0 radical (unpaired) electrons. The van der Waals surface area contributed by atoms with Gasteiger partial charge < -0.3 is 9.84 Å². The zero-order chi connectivity index (χ0) is 20.0. The number of carbonyl (C=O) groups is 2. The average Bonchev–Trinajstić information content (AvgIpc) is 2.60. The summed E-state index contributed by atoms with van der Waals surface area (Å²) >= 11 is 6.99. The number of hydrogen-bond acceptors (Lipinski definition) is 3. The van der Waals surface area contributed by atoms with Gasteiger partial charge in [-0.05, 0) is 92.6 Å². The lowest BCUT2D eigenvalue weighted by atomic mass is 10.0. The summed E-state index contributed by atoms with van der Waals surface area (Å²) in [6, 6.07) is 11.5. The van der Waals surface area contributed by atoms with Crippen LogP contribution in [0.2, 0.25) is 0 Å². The van der Waals surface area contributed by atoms with Crippen molar-refractivity contribution < 1.29 is 19.4 Å². The largest absolute Gasteiger partial charge is 0.487 e. The molecule has 142 valence electrons. The topological polar surface area (TPSA) is 63.6 Å². The Hall–Kier alpha value is -1.92. The van der Waals surface area contributed by atoms with Gasteiger partial charge in [0.15, 0.2) is 5.78 Å².